The number of carbonyl (C=O) groups is 1. The van der Waals surface area contributed by atoms with E-state index < -0.39 is 22.6 Å². The van der Waals surface area contributed by atoms with Gasteiger partial charge in [0.2, 0.25) is 0 Å². The molecule has 0 saturated carbocycles. The second kappa shape index (κ2) is 7.20. The number of benzene rings is 2. The minimum absolute atomic E-state index is 0.0634. The third-order valence-corrected chi connectivity index (χ3v) is 3.79. The molecular formula is C16H13ClF3N3O3. The number of halogens is 4. The number of nitrogens with zero attached hydrogens (tertiary/aromatic N) is 2. The first kappa shape index (κ1) is 19.5. The van der Waals surface area contributed by atoms with Crippen LogP contribution in [0.15, 0.2) is 36.4 Å². The number of non-ortho nitro benzene ring substituents is 1. The molecule has 0 aliphatic heterocycles. The normalized spacial score (nSPS) is 11.2. The summed E-state index contributed by atoms with van der Waals surface area (Å²) in [5, 5.41) is 13.1. The van der Waals surface area contributed by atoms with Gasteiger partial charge in [-0.1, -0.05) is 11.6 Å². The van der Waals surface area contributed by atoms with Crippen molar-refractivity contribution in [3.05, 3.63) is 62.7 Å². The highest BCUT2D eigenvalue weighted by Crippen LogP contribution is 2.35. The molecule has 0 spiro atoms. The Hall–Kier alpha value is -2.81. The molecule has 0 radical (unpaired) electrons. The van der Waals surface area contributed by atoms with Crippen molar-refractivity contribution in [3.63, 3.8) is 0 Å². The number of nitro groups is 1. The Balaban J connectivity index is 2.45. The van der Waals surface area contributed by atoms with E-state index in [9.17, 15) is 28.1 Å². The summed E-state index contributed by atoms with van der Waals surface area (Å²) in [6.07, 6.45) is -4.59. The summed E-state index contributed by atoms with van der Waals surface area (Å²) in [4.78, 5) is 24.1. The van der Waals surface area contributed by atoms with Crippen molar-refractivity contribution in [2.24, 2.45) is 0 Å². The van der Waals surface area contributed by atoms with Gasteiger partial charge in [0.25, 0.3) is 11.6 Å². The lowest BCUT2D eigenvalue weighted by atomic mass is 10.1. The Labute approximate surface area is 151 Å². The summed E-state index contributed by atoms with van der Waals surface area (Å²) in [7, 11) is 3.19. The lowest BCUT2D eigenvalue weighted by Crippen LogP contribution is -2.18. The van der Waals surface area contributed by atoms with Crippen LogP contribution in [0.3, 0.4) is 0 Å². The van der Waals surface area contributed by atoms with Gasteiger partial charge in [0, 0.05) is 26.2 Å². The lowest BCUT2D eigenvalue weighted by Gasteiger charge is -2.20. The number of alkyl halides is 3. The van der Waals surface area contributed by atoms with Gasteiger partial charge in [0.05, 0.1) is 32.4 Å². The van der Waals surface area contributed by atoms with Crippen LogP contribution in [-0.2, 0) is 6.18 Å². The summed E-state index contributed by atoms with van der Waals surface area (Å²) in [6, 6.07) is 6.15. The number of amides is 1. The Kier molecular flexibility index (Phi) is 5.41. The zero-order chi connectivity index (χ0) is 19.6. The molecule has 2 aromatic carbocycles. The number of nitrogens with one attached hydrogen (secondary N) is 1. The van der Waals surface area contributed by atoms with Crippen LogP contribution in [0, 0.1) is 10.1 Å². The van der Waals surface area contributed by atoms with Crippen LogP contribution in [0.4, 0.5) is 30.2 Å². The van der Waals surface area contributed by atoms with Crippen molar-refractivity contribution < 1.29 is 22.9 Å². The first-order chi connectivity index (χ1) is 12.0. The number of rotatable bonds is 4. The van der Waals surface area contributed by atoms with Crippen molar-refractivity contribution in [2.45, 2.75) is 6.18 Å². The highest BCUT2D eigenvalue weighted by molar-refractivity contribution is 6.34. The van der Waals surface area contributed by atoms with E-state index in [4.69, 9.17) is 11.6 Å². The molecule has 2 aromatic rings. The van der Waals surface area contributed by atoms with Crippen LogP contribution in [0.1, 0.15) is 15.9 Å². The smallest absolute Gasteiger partial charge is 0.376 e. The molecule has 0 aliphatic carbocycles. The summed E-state index contributed by atoms with van der Waals surface area (Å²) in [6.45, 7) is 0. The molecule has 0 atom stereocenters. The van der Waals surface area contributed by atoms with Crippen molar-refractivity contribution in [2.75, 3.05) is 24.3 Å². The van der Waals surface area contributed by atoms with Crippen LogP contribution in [0.5, 0.6) is 0 Å². The maximum Gasteiger partial charge on any atom is 0.416 e. The minimum atomic E-state index is -4.59. The molecule has 0 heterocycles. The molecule has 0 fully saturated rings. The quantitative estimate of drug-likeness (QED) is 0.615. The fourth-order valence-corrected chi connectivity index (χ4v) is 2.40. The van der Waals surface area contributed by atoms with Gasteiger partial charge < -0.3 is 10.2 Å². The maximum absolute atomic E-state index is 12.9. The van der Waals surface area contributed by atoms with E-state index in [0.29, 0.717) is 5.69 Å². The third kappa shape index (κ3) is 4.23. The van der Waals surface area contributed by atoms with E-state index in [1.165, 1.54) is 17.0 Å². The van der Waals surface area contributed by atoms with Gasteiger partial charge in [0.15, 0.2) is 0 Å². The standard InChI is InChI=1S/C16H13ClF3N3O3/c1-22(2)14-6-3-9(16(18,19)20)7-13(14)21-15(24)11-8-10(23(25)26)4-5-12(11)17/h3-8H,1-2H3,(H,21,24). The predicted octanol–water partition coefficient (Wildman–Crippen LogP) is 4.59. The van der Waals surface area contributed by atoms with Gasteiger partial charge in [-0.25, -0.2) is 0 Å². The first-order valence-corrected chi connectivity index (χ1v) is 7.52. The van der Waals surface area contributed by atoms with Crippen molar-refractivity contribution in [3.8, 4) is 0 Å². The summed E-state index contributed by atoms with van der Waals surface area (Å²) in [5.74, 6) is -0.860. The van der Waals surface area contributed by atoms with Gasteiger partial charge in [-0.15, -0.1) is 0 Å². The van der Waals surface area contributed by atoms with E-state index in [0.717, 1.165) is 24.3 Å². The zero-order valence-corrected chi connectivity index (χ0v) is 14.4. The van der Waals surface area contributed by atoms with Crippen LogP contribution in [0.25, 0.3) is 0 Å². The molecule has 0 aliphatic rings. The molecule has 138 valence electrons. The first-order valence-electron chi connectivity index (χ1n) is 7.14. The fourth-order valence-electron chi connectivity index (χ4n) is 2.19. The van der Waals surface area contributed by atoms with E-state index in [1.807, 2.05) is 0 Å². The van der Waals surface area contributed by atoms with Crippen LogP contribution in [0.2, 0.25) is 5.02 Å². The van der Waals surface area contributed by atoms with E-state index in [1.54, 1.807) is 14.1 Å². The molecule has 0 aromatic heterocycles. The molecule has 6 nitrogen and oxygen atoms in total. The predicted molar refractivity (Wildman–Crippen MR) is 91.8 cm³/mol. The number of nitro benzene ring substituents is 1. The van der Waals surface area contributed by atoms with Crippen LogP contribution >= 0.6 is 11.6 Å². The number of carbonyl (C=O) groups excluding carboxylic acids is 1. The molecule has 1 N–H and O–H groups in total. The Morgan fingerprint density at radius 2 is 1.85 bits per heavy atom. The number of hydrogen-bond donors (Lipinski definition) is 1. The van der Waals surface area contributed by atoms with Gasteiger partial charge in [-0.05, 0) is 24.3 Å². The highest BCUT2D eigenvalue weighted by atomic mass is 35.5. The molecule has 2 rings (SSSR count). The lowest BCUT2D eigenvalue weighted by molar-refractivity contribution is -0.384. The summed E-state index contributed by atoms with van der Waals surface area (Å²) >= 11 is 5.89. The Bertz CT molecular complexity index is 870. The molecule has 0 bridgehead atoms. The van der Waals surface area contributed by atoms with Crippen LogP contribution in [-0.4, -0.2) is 24.9 Å². The largest absolute Gasteiger partial charge is 0.416 e. The molecule has 10 heteroatoms. The molecule has 1 amide bonds. The monoisotopic (exact) mass is 387 g/mol. The third-order valence-electron chi connectivity index (χ3n) is 3.46. The molecule has 0 unspecified atom stereocenters. The van der Waals surface area contributed by atoms with E-state index >= 15 is 0 Å². The maximum atomic E-state index is 12.9. The van der Waals surface area contributed by atoms with Crippen molar-refractivity contribution >= 4 is 34.6 Å². The van der Waals surface area contributed by atoms with Gasteiger partial charge >= 0.3 is 6.18 Å². The highest BCUT2D eigenvalue weighted by Gasteiger charge is 2.31. The summed E-state index contributed by atoms with van der Waals surface area (Å²) < 4.78 is 38.8. The SMILES string of the molecule is CN(C)c1ccc(C(F)(F)F)cc1NC(=O)c1cc([N+](=O)[O-])ccc1Cl. The van der Waals surface area contributed by atoms with Gasteiger partial charge in [-0.3, -0.25) is 14.9 Å². The molecule has 26 heavy (non-hydrogen) atoms. The van der Waals surface area contributed by atoms with Crippen LogP contribution < -0.4 is 10.2 Å². The average molecular weight is 388 g/mol. The molecule has 0 saturated heterocycles. The van der Waals surface area contributed by atoms with Crippen molar-refractivity contribution in [1.82, 2.24) is 0 Å². The van der Waals surface area contributed by atoms with Gasteiger partial charge in [0.1, 0.15) is 0 Å². The fraction of sp³-hybridized carbons (Fsp3) is 0.188. The average Bonchev–Trinajstić information content (AvgIpc) is 2.53. The topological polar surface area (TPSA) is 75.5 Å². The Morgan fingerprint density at radius 3 is 2.38 bits per heavy atom. The Morgan fingerprint density at radius 1 is 1.19 bits per heavy atom. The van der Waals surface area contributed by atoms with E-state index in [2.05, 4.69) is 5.32 Å². The van der Waals surface area contributed by atoms with Gasteiger partial charge in [-0.2, -0.15) is 13.2 Å². The summed E-state index contributed by atoms with van der Waals surface area (Å²) in [5.41, 5.74) is -1.30. The number of hydrogen-bond acceptors (Lipinski definition) is 4. The van der Waals surface area contributed by atoms with E-state index in [-0.39, 0.29) is 22.0 Å². The number of anilines is 2. The molecular weight excluding hydrogens is 375 g/mol. The zero-order valence-electron chi connectivity index (χ0n) is 13.6. The second-order valence-electron chi connectivity index (χ2n) is 5.50. The second-order valence-corrected chi connectivity index (χ2v) is 5.91. The van der Waals surface area contributed by atoms with Crippen molar-refractivity contribution in [1.29, 1.82) is 0 Å². The minimum Gasteiger partial charge on any atom is -0.376 e.